The van der Waals surface area contributed by atoms with Crippen LogP contribution in [0.3, 0.4) is 0 Å². The minimum atomic E-state index is 1.26. The minimum absolute atomic E-state index is 1.26. The van der Waals surface area contributed by atoms with Crippen molar-refractivity contribution in [2.45, 2.75) is 34.6 Å². The Morgan fingerprint density at radius 2 is 0.314 bits per heavy atom. The zero-order valence-electron chi connectivity index (χ0n) is 77.6. The molecular formula is C137H100. The molecule has 0 aromatic heterocycles. The summed E-state index contributed by atoms with van der Waals surface area (Å²) < 4.78 is 0. The topological polar surface area (TPSA) is 0 Å². The van der Waals surface area contributed by atoms with E-state index in [4.69, 9.17) is 0 Å². The van der Waals surface area contributed by atoms with Gasteiger partial charge in [-0.05, 0) is 287 Å². The number of hydrogen-bond donors (Lipinski definition) is 0. The largest absolute Gasteiger partial charge is 0.0622 e. The van der Waals surface area contributed by atoms with Gasteiger partial charge in [-0.1, -0.05) is 520 Å². The third-order valence-electron chi connectivity index (χ3n) is 27.5. The van der Waals surface area contributed by atoms with Crippen molar-refractivity contribution in [1.29, 1.82) is 0 Å². The molecule has 0 aliphatic carbocycles. The van der Waals surface area contributed by atoms with E-state index < -0.39 is 0 Å². The second-order valence-corrected chi connectivity index (χ2v) is 36.1. The highest BCUT2D eigenvalue weighted by molar-refractivity contribution is 6.27. The molecule has 0 bridgehead atoms. The van der Waals surface area contributed by atoms with Gasteiger partial charge in [-0.15, -0.1) is 0 Å². The molecule has 0 heteroatoms. The molecule has 0 amide bonds. The highest BCUT2D eigenvalue weighted by atomic mass is 14.3. The van der Waals surface area contributed by atoms with Gasteiger partial charge in [-0.25, -0.2) is 0 Å². The number of benzene rings is 26. The first-order valence-corrected chi connectivity index (χ1v) is 47.7. The third-order valence-corrected chi connectivity index (χ3v) is 27.5. The summed E-state index contributed by atoms with van der Waals surface area (Å²) in [4.78, 5) is 0. The van der Waals surface area contributed by atoms with Crippen molar-refractivity contribution in [1.82, 2.24) is 0 Å². The zero-order chi connectivity index (χ0) is 92.2. The molecule has 0 unspecified atom stereocenters. The Morgan fingerprint density at radius 3 is 0.642 bits per heavy atom. The first kappa shape index (κ1) is 85.3. The van der Waals surface area contributed by atoms with Crippen molar-refractivity contribution in [3.63, 3.8) is 0 Å². The molecule has 26 rings (SSSR count). The molecule has 0 aliphatic rings. The molecule has 137 heavy (non-hydrogen) atoms. The minimum Gasteiger partial charge on any atom is -0.0622 e. The van der Waals surface area contributed by atoms with Gasteiger partial charge < -0.3 is 0 Å². The molecule has 0 saturated heterocycles. The van der Waals surface area contributed by atoms with Crippen molar-refractivity contribution in [3.05, 3.63) is 543 Å². The lowest BCUT2D eigenvalue weighted by molar-refractivity contribution is 1.47. The van der Waals surface area contributed by atoms with Crippen LogP contribution < -0.4 is 0 Å². The fourth-order valence-electron chi connectivity index (χ4n) is 21.4. The fourth-order valence-corrected chi connectivity index (χ4v) is 21.4. The average molecular weight is 1750 g/mol. The van der Waals surface area contributed by atoms with Crippen molar-refractivity contribution in [2.24, 2.45) is 0 Å². The summed E-state index contributed by atoms with van der Waals surface area (Å²) in [7, 11) is 0. The molecule has 0 nitrogen and oxygen atoms in total. The Kier molecular flexibility index (Phi) is 23.6. The summed E-state index contributed by atoms with van der Waals surface area (Å²) in [6.07, 6.45) is 0. The number of hydrogen-bond acceptors (Lipinski definition) is 0. The van der Waals surface area contributed by atoms with E-state index in [9.17, 15) is 0 Å². The van der Waals surface area contributed by atoms with Crippen LogP contribution in [0, 0.1) is 34.6 Å². The summed E-state index contributed by atoms with van der Waals surface area (Å²) in [5.41, 5.74) is 29.9. The maximum absolute atomic E-state index is 2.33. The van der Waals surface area contributed by atoms with Gasteiger partial charge in [0.05, 0.1) is 0 Å². The van der Waals surface area contributed by atoms with Gasteiger partial charge in [0, 0.05) is 0 Å². The van der Waals surface area contributed by atoms with Gasteiger partial charge in [0.15, 0.2) is 0 Å². The normalized spacial score (nSPS) is 11.2. The van der Waals surface area contributed by atoms with Crippen molar-refractivity contribution in [2.75, 3.05) is 0 Å². The van der Waals surface area contributed by atoms with Crippen molar-refractivity contribution in [3.8, 4) is 100 Å². The predicted molar refractivity (Wildman–Crippen MR) is 595 cm³/mol. The van der Waals surface area contributed by atoms with Gasteiger partial charge in [-0.2, -0.15) is 0 Å². The maximum Gasteiger partial charge on any atom is -0.00201 e. The third kappa shape index (κ3) is 16.5. The lowest BCUT2D eigenvalue weighted by atomic mass is 9.84. The van der Waals surface area contributed by atoms with E-state index in [1.165, 1.54) is 257 Å². The number of fused-ring (bicyclic) bond motifs is 12. The van der Waals surface area contributed by atoms with E-state index in [2.05, 4.69) is 550 Å². The first-order chi connectivity index (χ1) is 67.6. The molecule has 0 radical (unpaired) electrons. The predicted octanol–water partition coefficient (Wildman–Crippen LogP) is 38.8. The van der Waals surface area contributed by atoms with Crippen molar-refractivity contribution < 1.29 is 0 Å². The second-order valence-electron chi connectivity index (χ2n) is 36.1. The second kappa shape index (κ2) is 37.8. The molecule has 0 heterocycles. The quantitative estimate of drug-likeness (QED) is 0.126. The van der Waals surface area contributed by atoms with Gasteiger partial charge in [0.2, 0.25) is 0 Å². The molecule has 0 saturated carbocycles. The lowest BCUT2D eigenvalue weighted by Gasteiger charge is -2.19. The van der Waals surface area contributed by atoms with Crippen LogP contribution in [0.5, 0.6) is 0 Å². The highest BCUT2D eigenvalue weighted by Crippen LogP contribution is 2.51. The molecule has 26 aromatic rings. The van der Waals surface area contributed by atoms with E-state index in [0.717, 1.165) is 0 Å². The summed E-state index contributed by atoms with van der Waals surface area (Å²) in [5, 5.41) is 31.2. The van der Waals surface area contributed by atoms with E-state index >= 15 is 0 Å². The smallest absolute Gasteiger partial charge is 0.00201 e. The van der Waals surface area contributed by atoms with Gasteiger partial charge in [0.25, 0.3) is 0 Å². The molecule has 0 fully saturated rings. The summed E-state index contributed by atoms with van der Waals surface area (Å²) in [6, 6.07) is 186. The number of aryl methyl sites for hydroxylation is 5. The Bertz CT molecular complexity index is 8780. The van der Waals surface area contributed by atoms with Gasteiger partial charge >= 0.3 is 0 Å². The van der Waals surface area contributed by atoms with Crippen LogP contribution in [0.4, 0.5) is 0 Å². The van der Waals surface area contributed by atoms with Crippen molar-refractivity contribution >= 4 is 129 Å². The van der Waals surface area contributed by atoms with E-state index in [1.54, 1.807) is 0 Å². The number of rotatable bonds is 9. The Labute approximate surface area is 801 Å². The molecule has 648 valence electrons. The van der Waals surface area contributed by atoms with Crippen LogP contribution in [0.25, 0.3) is 229 Å². The van der Waals surface area contributed by atoms with Crippen LogP contribution in [0.15, 0.2) is 516 Å². The molecule has 0 atom stereocenters. The standard InChI is InChI=1S/2C31H22.2C27H20.C21H16/c1-21-10-8-13-23(20-21)30-26-15-4-6-17-28(26)31(29-18-7-5-16-27(29)30)25-19-9-12-22-11-2-3-14-24(22)25;1-21-9-8-12-24(19-21)30-26-13-4-6-15-28(26)31(29-16-7-5-14-27(29)30)25-18-17-22-10-2-3-11-23(22)20-25;1-19-10-9-13-21(18-19)27-24-16-7-5-14-22(24)26(20-11-3-2-4-12-20)23-15-6-8-17-25(23)27;1-19-11-5-6-14-21(19)27-24-17-9-7-15-22(24)26(20-12-3-2-4-13-20)23-16-8-10-18-25(23)27;1-15-8-2-5-11-18(15)21-19-12-6-3-9-16(19)14-17-10-4-7-13-20(17)21/h2*2-20H,1H3;2*2-18H,1H3;2-14H,1H3. The Balaban J connectivity index is 0.0000000996. The van der Waals surface area contributed by atoms with Crippen LogP contribution in [0.1, 0.15) is 27.8 Å². The van der Waals surface area contributed by atoms with Gasteiger partial charge in [0.1, 0.15) is 0 Å². The first-order valence-electron chi connectivity index (χ1n) is 47.7. The van der Waals surface area contributed by atoms with Crippen LogP contribution >= 0.6 is 0 Å². The summed E-state index contributed by atoms with van der Waals surface area (Å²) in [5.74, 6) is 0. The molecule has 0 aliphatic heterocycles. The summed E-state index contributed by atoms with van der Waals surface area (Å²) >= 11 is 0. The monoisotopic (exact) mass is 1740 g/mol. The Hall–Kier alpha value is -17.2. The summed E-state index contributed by atoms with van der Waals surface area (Å²) in [6.45, 7) is 10.9. The fraction of sp³-hybridized carbons (Fsp3) is 0.0365. The van der Waals surface area contributed by atoms with Crippen LogP contribution in [-0.2, 0) is 0 Å². The zero-order valence-corrected chi connectivity index (χ0v) is 77.6. The SMILES string of the molecule is Cc1cccc(-c2c3ccccc3c(-c3ccc4ccccc4c3)c3ccccc23)c1.Cc1cccc(-c2c3ccccc3c(-c3cccc4ccccc34)c3ccccc23)c1.Cc1cccc(-c2c3ccccc3c(-c3ccccc3)c3ccccc23)c1.Cc1ccccc1-c1c2ccccc2c(-c2ccccc2)c2ccccc12.Cc1ccccc1-c1c2ccccc2cc2ccccc12. The highest BCUT2D eigenvalue weighted by Gasteiger charge is 2.24. The molecule has 0 spiro atoms. The van der Waals surface area contributed by atoms with E-state index in [0.29, 0.717) is 0 Å². The molecular weight excluding hydrogens is 1650 g/mol. The van der Waals surface area contributed by atoms with Crippen LogP contribution in [-0.4, -0.2) is 0 Å². The van der Waals surface area contributed by atoms with E-state index in [-0.39, 0.29) is 0 Å². The van der Waals surface area contributed by atoms with E-state index in [1.807, 2.05) is 0 Å². The maximum atomic E-state index is 2.33. The Morgan fingerprint density at radius 1 is 0.102 bits per heavy atom. The average Bonchev–Trinajstić information content (AvgIpc) is 0.722. The van der Waals surface area contributed by atoms with Gasteiger partial charge in [-0.3, -0.25) is 0 Å². The van der Waals surface area contributed by atoms with Crippen LogP contribution in [0.2, 0.25) is 0 Å². The lowest BCUT2D eigenvalue weighted by Crippen LogP contribution is -1.91. The molecule has 0 N–H and O–H groups in total. The molecule has 26 aromatic carbocycles.